The average molecular weight is 256 g/mol. The Morgan fingerprint density at radius 3 is 2.58 bits per heavy atom. The maximum Gasteiger partial charge on any atom is 0.208 e. The SMILES string of the molecule is CC(C)COc1ccc(-c2coc(N)c2C#N)cc1. The molecule has 2 N–H and O–H groups in total. The molecule has 0 saturated carbocycles. The molecule has 19 heavy (non-hydrogen) atoms. The van der Waals surface area contributed by atoms with E-state index < -0.39 is 0 Å². The number of nitrogens with two attached hydrogens (primary N) is 1. The van der Waals surface area contributed by atoms with Crippen LogP contribution in [0.5, 0.6) is 5.75 Å². The second-order valence-corrected chi connectivity index (χ2v) is 4.73. The minimum absolute atomic E-state index is 0.151. The molecule has 0 aliphatic heterocycles. The summed E-state index contributed by atoms with van der Waals surface area (Å²) in [4.78, 5) is 0. The van der Waals surface area contributed by atoms with E-state index in [-0.39, 0.29) is 5.88 Å². The molecule has 0 aliphatic rings. The van der Waals surface area contributed by atoms with Crippen molar-refractivity contribution in [1.29, 1.82) is 5.26 Å². The van der Waals surface area contributed by atoms with Crippen LogP contribution in [0.3, 0.4) is 0 Å². The molecule has 1 aromatic heterocycles. The lowest BCUT2D eigenvalue weighted by Gasteiger charge is -2.08. The number of anilines is 1. The number of rotatable bonds is 4. The molecule has 0 amide bonds. The number of hydrogen-bond donors (Lipinski definition) is 1. The van der Waals surface area contributed by atoms with Gasteiger partial charge in [0.05, 0.1) is 6.61 Å². The lowest BCUT2D eigenvalue weighted by atomic mass is 10.0. The van der Waals surface area contributed by atoms with Gasteiger partial charge in [-0.2, -0.15) is 5.26 Å². The summed E-state index contributed by atoms with van der Waals surface area (Å²) in [5.41, 5.74) is 7.54. The Morgan fingerprint density at radius 1 is 1.32 bits per heavy atom. The summed E-state index contributed by atoms with van der Waals surface area (Å²) in [6, 6.07) is 9.58. The molecule has 1 aromatic carbocycles. The molecule has 0 unspecified atom stereocenters. The van der Waals surface area contributed by atoms with E-state index in [1.54, 1.807) is 0 Å². The summed E-state index contributed by atoms with van der Waals surface area (Å²) in [7, 11) is 0. The molecule has 0 aliphatic carbocycles. The van der Waals surface area contributed by atoms with Crippen LogP contribution in [0.15, 0.2) is 34.9 Å². The van der Waals surface area contributed by atoms with Crippen molar-refractivity contribution in [2.24, 2.45) is 5.92 Å². The Hall–Kier alpha value is -2.41. The van der Waals surface area contributed by atoms with Crippen LogP contribution in [0.1, 0.15) is 19.4 Å². The molecule has 98 valence electrons. The predicted molar refractivity (Wildman–Crippen MR) is 73.6 cm³/mol. The topological polar surface area (TPSA) is 72.2 Å². The Labute approximate surface area is 112 Å². The van der Waals surface area contributed by atoms with Crippen LogP contribution in [0.25, 0.3) is 11.1 Å². The van der Waals surface area contributed by atoms with Gasteiger partial charge in [-0.1, -0.05) is 26.0 Å². The van der Waals surface area contributed by atoms with Gasteiger partial charge in [-0.3, -0.25) is 0 Å². The van der Waals surface area contributed by atoms with Crippen LogP contribution in [0, 0.1) is 17.2 Å². The van der Waals surface area contributed by atoms with Gasteiger partial charge >= 0.3 is 0 Å². The number of nitrogens with zero attached hydrogens (tertiary/aromatic N) is 1. The molecular formula is C15H16N2O2. The van der Waals surface area contributed by atoms with Crippen molar-refractivity contribution in [3.63, 3.8) is 0 Å². The molecule has 2 rings (SSSR count). The van der Waals surface area contributed by atoms with Crippen LogP contribution in [0.2, 0.25) is 0 Å². The average Bonchev–Trinajstić information content (AvgIpc) is 2.78. The first-order chi connectivity index (χ1) is 9.11. The largest absolute Gasteiger partial charge is 0.493 e. The van der Waals surface area contributed by atoms with Gasteiger partial charge in [0.25, 0.3) is 0 Å². The fraction of sp³-hybridized carbons (Fsp3) is 0.267. The minimum Gasteiger partial charge on any atom is -0.493 e. The first-order valence-corrected chi connectivity index (χ1v) is 6.12. The quantitative estimate of drug-likeness (QED) is 0.909. The third-order valence-electron chi connectivity index (χ3n) is 2.68. The Morgan fingerprint density at radius 2 is 2.00 bits per heavy atom. The molecular weight excluding hydrogens is 240 g/mol. The minimum atomic E-state index is 0.151. The first-order valence-electron chi connectivity index (χ1n) is 6.12. The molecule has 0 spiro atoms. The molecule has 0 radical (unpaired) electrons. The number of nitrogen functional groups attached to an aromatic ring is 1. The van der Waals surface area contributed by atoms with Crippen molar-refractivity contribution < 1.29 is 9.15 Å². The van der Waals surface area contributed by atoms with Gasteiger partial charge in [-0.15, -0.1) is 0 Å². The highest BCUT2D eigenvalue weighted by Gasteiger charge is 2.12. The summed E-state index contributed by atoms with van der Waals surface area (Å²) in [5, 5.41) is 9.03. The van der Waals surface area contributed by atoms with E-state index in [2.05, 4.69) is 13.8 Å². The lowest BCUT2D eigenvalue weighted by molar-refractivity contribution is 0.271. The normalized spacial score (nSPS) is 10.4. The van der Waals surface area contributed by atoms with Crippen molar-refractivity contribution in [3.05, 3.63) is 36.1 Å². The molecule has 0 bridgehead atoms. The zero-order chi connectivity index (χ0) is 13.8. The first kappa shape index (κ1) is 13.0. The van der Waals surface area contributed by atoms with Crippen molar-refractivity contribution in [2.75, 3.05) is 12.3 Å². The van der Waals surface area contributed by atoms with Gasteiger partial charge in [0.1, 0.15) is 23.6 Å². The third kappa shape index (κ3) is 2.89. The standard InChI is InChI=1S/C15H16N2O2/c1-10(2)8-18-12-5-3-11(4-6-12)14-9-19-15(17)13(14)7-16/h3-6,9-10H,8,17H2,1-2H3. The highest BCUT2D eigenvalue weighted by Crippen LogP contribution is 2.30. The molecule has 4 heteroatoms. The molecule has 0 atom stereocenters. The second-order valence-electron chi connectivity index (χ2n) is 4.73. The maximum atomic E-state index is 9.03. The fourth-order valence-corrected chi connectivity index (χ4v) is 1.69. The Bertz CT molecular complexity index is 592. The third-order valence-corrected chi connectivity index (χ3v) is 2.68. The number of furan rings is 1. The molecule has 4 nitrogen and oxygen atoms in total. The van der Waals surface area contributed by atoms with Gasteiger partial charge in [-0.25, -0.2) is 0 Å². The predicted octanol–water partition coefficient (Wildman–Crippen LogP) is 3.44. The molecule has 2 aromatic rings. The smallest absolute Gasteiger partial charge is 0.208 e. The van der Waals surface area contributed by atoms with Gasteiger partial charge in [0.2, 0.25) is 5.88 Å². The van der Waals surface area contributed by atoms with E-state index >= 15 is 0 Å². The van der Waals surface area contributed by atoms with Crippen LogP contribution in [0.4, 0.5) is 5.88 Å². The fourth-order valence-electron chi connectivity index (χ4n) is 1.69. The maximum absolute atomic E-state index is 9.03. The monoisotopic (exact) mass is 256 g/mol. The van der Waals surface area contributed by atoms with Gasteiger partial charge in [0.15, 0.2) is 0 Å². The van der Waals surface area contributed by atoms with Crippen LogP contribution < -0.4 is 10.5 Å². The van der Waals surface area contributed by atoms with Gasteiger partial charge in [0, 0.05) is 5.56 Å². The van der Waals surface area contributed by atoms with E-state index in [9.17, 15) is 0 Å². The summed E-state index contributed by atoms with van der Waals surface area (Å²) in [6.45, 7) is 4.88. The van der Waals surface area contributed by atoms with Crippen molar-refractivity contribution in [3.8, 4) is 22.9 Å². The number of nitriles is 1. The van der Waals surface area contributed by atoms with Crippen molar-refractivity contribution in [2.45, 2.75) is 13.8 Å². The van der Waals surface area contributed by atoms with Crippen molar-refractivity contribution >= 4 is 5.88 Å². The summed E-state index contributed by atoms with van der Waals surface area (Å²) >= 11 is 0. The zero-order valence-electron chi connectivity index (χ0n) is 11.0. The number of benzene rings is 1. The highest BCUT2D eigenvalue weighted by atomic mass is 16.5. The summed E-state index contributed by atoms with van der Waals surface area (Å²) in [5.74, 6) is 1.45. The van der Waals surface area contributed by atoms with Crippen LogP contribution >= 0.6 is 0 Å². The Balaban J connectivity index is 2.21. The zero-order valence-corrected chi connectivity index (χ0v) is 11.0. The van der Waals surface area contributed by atoms with Crippen LogP contribution in [-0.2, 0) is 0 Å². The Kier molecular flexibility index (Phi) is 3.76. The number of hydrogen-bond acceptors (Lipinski definition) is 4. The van der Waals surface area contributed by atoms with E-state index in [1.807, 2.05) is 30.3 Å². The van der Waals surface area contributed by atoms with Crippen LogP contribution in [-0.4, -0.2) is 6.61 Å². The van der Waals surface area contributed by atoms with E-state index in [0.29, 0.717) is 23.7 Å². The highest BCUT2D eigenvalue weighted by molar-refractivity contribution is 5.74. The number of ether oxygens (including phenoxy) is 1. The van der Waals surface area contributed by atoms with E-state index in [4.69, 9.17) is 20.1 Å². The summed E-state index contributed by atoms with van der Waals surface area (Å²) in [6.07, 6.45) is 1.50. The molecule has 0 fully saturated rings. The molecule has 0 saturated heterocycles. The molecule has 1 heterocycles. The van der Waals surface area contributed by atoms with E-state index in [1.165, 1.54) is 6.26 Å². The lowest BCUT2D eigenvalue weighted by Crippen LogP contribution is -2.04. The van der Waals surface area contributed by atoms with E-state index in [0.717, 1.165) is 11.3 Å². The van der Waals surface area contributed by atoms with Crippen molar-refractivity contribution in [1.82, 2.24) is 0 Å². The summed E-state index contributed by atoms with van der Waals surface area (Å²) < 4.78 is 10.7. The second kappa shape index (κ2) is 5.49. The van der Waals surface area contributed by atoms with Gasteiger partial charge < -0.3 is 14.9 Å². The van der Waals surface area contributed by atoms with Gasteiger partial charge in [-0.05, 0) is 23.6 Å².